The predicted octanol–water partition coefficient (Wildman–Crippen LogP) is 3.54. The van der Waals surface area contributed by atoms with E-state index < -0.39 is 0 Å². The zero-order valence-electron chi connectivity index (χ0n) is 11.7. The average molecular weight is 310 g/mol. The number of hydrogen-bond acceptors (Lipinski definition) is 0. The Hall–Kier alpha value is -1.14. The van der Waals surface area contributed by atoms with E-state index in [0.29, 0.717) is 0 Å². The Morgan fingerprint density at radius 1 is 0.524 bits per heavy atom. The molecule has 3 nitrogen and oxygen atoms in total. The third-order valence-electron chi connectivity index (χ3n) is 2.07. The van der Waals surface area contributed by atoms with Crippen molar-refractivity contribution in [2.75, 3.05) is 0 Å². The Labute approximate surface area is 148 Å². The third-order valence-corrected chi connectivity index (χ3v) is 2.07. The number of hydrogen-bond donors (Lipinski definition) is 0. The van der Waals surface area contributed by atoms with Crippen molar-refractivity contribution >= 4 is 46.9 Å². The molecule has 2 rings (SSSR count). The molecule has 0 saturated heterocycles. The van der Waals surface area contributed by atoms with Gasteiger partial charge in [-0.2, -0.15) is 0 Å². The van der Waals surface area contributed by atoms with Gasteiger partial charge < -0.3 is 16.4 Å². The maximum absolute atomic E-state index is 3.63. The van der Waals surface area contributed by atoms with Crippen LogP contribution in [0.3, 0.4) is 0 Å². The minimum Gasteiger partial charge on any atom is -2.00 e. The molecule has 0 aliphatic heterocycles. The Morgan fingerprint density at radius 3 is 0.905 bits per heavy atom. The molecule has 104 valence electrons. The summed E-state index contributed by atoms with van der Waals surface area (Å²) in [6.45, 7) is 7.26. The molecule has 0 spiro atoms. The largest absolute Gasteiger partial charge is 3.00 e. The van der Waals surface area contributed by atoms with Gasteiger partial charge in [0.25, 0.3) is 0 Å². The number of rotatable bonds is 2. The van der Waals surface area contributed by atoms with Gasteiger partial charge in [-0.3, -0.25) is 0 Å². The van der Waals surface area contributed by atoms with Crippen LogP contribution in [-0.4, -0.2) is 34.7 Å². The Morgan fingerprint density at radius 2 is 0.762 bits per heavy atom. The molecule has 0 radical (unpaired) electrons. The van der Waals surface area contributed by atoms with Crippen LogP contribution in [0.2, 0.25) is 0 Å². The van der Waals surface area contributed by atoms with Gasteiger partial charge in [-0.05, 0) is 11.1 Å². The van der Waals surface area contributed by atoms with Gasteiger partial charge in [-0.15, -0.1) is 0 Å². The second kappa shape index (κ2) is 21.2. The molecule has 0 bridgehead atoms. The summed E-state index contributed by atoms with van der Waals surface area (Å²) < 4.78 is 0. The van der Waals surface area contributed by atoms with E-state index in [-0.39, 0.29) is 51.2 Å². The van der Waals surface area contributed by atoms with Crippen molar-refractivity contribution in [1.82, 2.24) is 0 Å². The molecule has 0 aliphatic carbocycles. The van der Waals surface area contributed by atoms with Gasteiger partial charge in [0.05, 0.1) is 0 Å². The standard InChI is InChI=1S/2C8H8.2Al.3O/c2*1-2-8-6-4-3-5-7-8;;;;;/h2*2-7H,1H2;;;;;/q;;2*+3;3*-2. The van der Waals surface area contributed by atoms with Crippen LogP contribution < -0.4 is 0 Å². The molecule has 5 heteroatoms. The molecule has 2 aromatic rings. The summed E-state index contributed by atoms with van der Waals surface area (Å²) in [7, 11) is 0. The van der Waals surface area contributed by atoms with Crippen molar-refractivity contribution in [2.24, 2.45) is 0 Å². The SMILES string of the molecule is C=Cc1ccccc1.C=Cc1ccccc1.[Al+3].[Al+3].[O-2].[O-2].[O-2]. The van der Waals surface area contributed by atoms with Crippen LogP contribution in [0.15, 0.2) is 73.8 Å². The fourth-order valence-electron chi connectivity index (χ4n) is 1.18. The molecule has 21 heavy (non-hydrogen) atoms. The van der Waals surface area contributed by atoms with Gasteiger partial charge in [0.15, 0.2) is 0 Å². The van der Waals surface area contributed by atoms with Gasteiger partial charge in [-0.1, -0.05) is 86.0 Å². The number of benzene rings is 2. The second-order valence-corrected chi connectivity index (χ2v) is 3.23. The van der Waals surface area contributed by atoms with Crippen LogP contribution >= 0.6 is 0 Å². The van der Waals surface area contributed by atoms with Crippen LogP contribution in [0.25, 0.3) is 12.2 Å². The average Bonchev–Trinajstić information content (AvgIpc) is 2.41. The van der Waals surface area contributed by atoms with Crippen molar-refractivity contribution in [2.45, 2.75) is 0 Å². The first-order valence-corrected chi connectivity index (χ1v) is 5.22. The van der Waals surface area contributed by atoms with Crippen LogP contribution in [0, 0.1) is 0 Å². The monoisotopic (exact) mass is 310 g/mol. The van der Waals surface area contributed by atoms with Gasteiger partial charge in [0.1, 0.15) is 0 Å². The summed E-state index contributed by atoms with van der Waals surface area (Å²) in [4.78, 5) is 0. The van der Waals surface area contributed by atoms with Crippen LogP contribution in [0.4, 0.5) is 0 Å². The molecule has 0 N–H and O–H groups in total. The molecule has 0 heterocycles. The molecular weight excluding hydrogens is 294 g/mol. The smallest absolute Gasteiger partial charge is 2.00 e. The van der Waals surface area contributed by atoms with Crippen molar-refractivity contribution in [1.29, 1.82) is 0 Å². The molecule has 0 saturated carbocycles. The van der Waals surface area contributed by atoms with E-state index in [1.54, 1.807) is 0 Å². The first-order valence-electron chi connectivity index (χ1n) is 5.22. The zero-order chi connectivity index (χ0) is 11.6. The Bertz CT molecular complexity index is 390. The van der Waals surface area contributed by atoms with E-state index >= 15 is 0 Å². The summed E-state index contributed by atoms with van der Waals surface area (Å²) in [5, 5.41) is 0. The minimum absolute atomic E-state index is 0. The predicted molar refractivity (Wildman–Crippen MR) is 86.6 cm³/mol. The summed E-state index contributed by atoms with van der Waals surface area (Å²) in [6, 6.07) is 20.1. The maximum atomic E-state index is 3.63. The first-order chi connectivity index (χ1) is 7.86. The van der Waals surface area contributed by atoms with Gasteiger partial charge in [0.2, 0.25) is 0 Å². The zero-order valence-corrected chi connectivity index (χ0v) is 14.0. The fourth-order valence-corrected chi connectivity index (χ4v) is 1.18. The van der Waals surface area contributed by atoms with Gasteiger partial charge >= 0.3 is 34.7 Å². The molecule has 0 aromatic heterocycles. The van der Waals surface area contributed by atoms with Gasteiger partial charge in [-0.25, -0.2) is 0 Å². The topological polar surface area (TPSA) is 85.5 Å². The van der Waals surface area contributed by atoms with E-state index in [1.807, 2.05) is 72.8 Å². The maximum Gasteiger partial charge on any atom is 3.00 e. The summed E-state index contributed by atoms with van der Waals surface area (Å²) >= 11 is 0. The third kappa shape index (κ3) is 15.1. The molecule has 2 aromatic carbocycles. The molecule has 0 amide bonds. The van der Waals surface area contributed by atoms with Crippen molar-refractivity contribution in [3.05, 3.63) is 84.9 Å². The quantitative estimate of drug-likeness (QED) is 0.760. The van der Waals surface area contributed by atoms with E-state index in [2.05, 4.69) is 13.2 Å². The van der Waals surface area contributed by atoms with E-state index in [0.717, 1.165) is 0 Å². The minimum atomic E-state index is 0. The van der Waals surface area contributed by atoms with Crippen molar-refractivity contribution in [3.63, 3.8) is 0 Å². The Balaban J connectivity index is -0.0000000656. The molecule has 0 fully saturated rings. The van der Waals surface area contributed by atoms with E-state index in [1.165, 1.54) is 11.1 Å². The summed E-state index contributed by atoms with van der Waals surface area (Å²) in [5.74, 6) is 0. The van der Waals surface area contributed by atoms with Gasteiger partial charge in [0, 0.05) is 0 Å². The van der Waals surface area contributed by atoms with Crippen molar-refractivity contribution < 1.29 is 16.4 Å². The molecule has 0 atom stereocenters. The van der Waals surface area contributed by atoms with Crippen LogP contribution in [0.5, 0.6) is 0 Å². The summed E-state index contributed by atoms with van der Waals surface area (Å²) in [5.41, 5.74) is 2.35. The first kappa shape index (κ1) is 32.0. The second-order valence-electron chi connectivity index (χ2n) is 3.23. The Kier molecular flexibility index (Phi) is 32.3. The van der Waals surface area contributed by atoms with Crippen LogP contribution in [0.1, 0.15) is 11.1 Å². The summed E-state index contributed by atoms with van der Waals surface area (Å²) in [6.07, 6.45) is 3.67. The molecular formula is C16H16Al2O3. The normalized spacial score (nSPS) is 6.48. The molecule has 0 aliphatic rings. The van der Waals surface area contributed by atoms with Crippen LogP contribution in [-0.2, 0) is 16.4 Å². The van der Waals surface area contributed by atoms with Crippen molar-refractivity contribution in [3.8, 4) is 0 Å². The van der Waals surface area contributed by atoms with E-state index in [4.69, 9.17) is 0 Å². The van der Waals surface area contributed by atoms with E-state index in [9.17, 15) is 0 Å². The molecule has 0 unspecified atom stereocenters. The fraction of sp³-hybridized carbons (Fsp3) is 0.